The van der Waals surface area contributed by atoms with E-state index in [1.165, 1.54) is 0 Å². The van der Waals surface area contributed by atoms with Crippen molar-refractivity contribution in [3.63, 3.8) is 0 Å². The van der Waals surface area contributed by atoms with Gasteiger partial charge < -0.3 is 9.47 Å². The molecule has 1 fully saturated rings. The molecule has 1 aliphatic rings. The van der Waals surface area contributed by atoms with Crippen LogP contribution >= 0.6 is 0 Å². The highest BCUT2D eigenvalue weighted by Gasteiger charge is 2.35. The molecular weight excluding hydrogens is 280 g/mol. The highest BCUT2D eigenvalue weighted by molar-refractivity contribution is 6.00. The van der Waals surface area contributed by atoms with E-state index < -0.39 is 0 Å². The minimum Gasteiger partial charge on any atom is -0.334 e. The van der Waals surface area contributed by atoms with Crippen molar-refractivity contribution >= 4 is 11.6 Å². The summed E-state index contributed by atoms with van der Waals surface area (Å²) in [6, 6.07) is 2.34. The second kappa shape index (κ2) is 4.46. The fourth-order valence-electron chi connectivity index (χ4n) is 3.16. The van der Waals surface area contributed by atoms with Gasteiger partial charge in [-0.2, -0.15) is 10.2 Å². The summed E-state index contributed by atoms with van der Waals surface area (Å²) >= 11 is 0. The molecule has 7 heteroatoms. The molecule has 0 bridgehead atoms. The molecule has 1 amide bonds. The van der Waals surface area contributed by atoms with Gasteiger partial charge in [0.05, 0.1) is 17.9 Å². The quantitative estimate of drug-likeness (QED) is 0.714. The summed E-state index contributed by atoms with van der Waals surface area (Å²) in [5, 5.41) is 8.73. The number of nitrogens with zero attached hydrogens (tertiary/aromatic N) is 6. The zero-order valence-corrected chi connectivity index (χ0v) is 12.9. The molecule has 0 N–H and O–H groups in total. The van der Waals surface area contributed by atoms with E-state index in [2.05, 4.69) is 23.2 Å². The number of aryl methyl sites for hydroxylation is 3. The molecule has 22 heavy (non-hydrogen) atoms. The van der Waals surface area contributed by atoms with Crippen LogP contribution in [-0.4, -0.2) is 47.9 Å². The highest BCUT2D eigenvalue weighted by Crippen LogP contribution is 2.25. The van der Waals surface area contributed by atoms with E-state index in [1.54, 1.807) is 10.7 Å². The molecule has 1 saturated heterocycles. The number of fused-ring (bicyclic) bond motifs is 1. The Morgan fingerprint density at radius 3 is 2.73 bits per heavy atom. The topological polar surface area (TPSA) is 60.4 Å². The highest BCUT2D eigenvalue weighted by atomic mass is 16.2. The first-order valence-electron chi connectivity index (χ1n) is 7.35. The van der Waals surface area contributed by atoms with Crippen molar-refractivity contribution in [2.45, 2.75) is 19.9 Å². The van der Waals surface area contributed by atoms with Crippen LogP contribution in [0.4, 0.5) is 0 Å². The largest absolute Gasteiger partial charge is 0.334 e. The second-order valence-corrected chi connectivity index (χ2v) is 5.97. The van der Waals surface area contributed by atoms with Crippen LogP contribution in [0, 0.1) is 13.8 Å². The first-order chi connectivity index (χ1) is 10.5. The van der Waals surface area contributed by atoms with Crippen molar-refractivity contribution in [3.8, 4) is 0 Å². The molecule has 3 aromatic heterocycles. The van der Waals surface area contributed by atoms with Crippen molar-refractivity contribution < 1.29 is 4.79 Å². The molecule has 0 saturated carbocycles. The predicted octanol–water partition coefficient (Wildman–Crippen LogP) is 1.18. The Balaban J connectivity index is 1.54. The maximum absolute atomic E-state index is 12.6. The molecule has 114 valence electrons. The summed E-state index contributed by atoms with van der Waals surface area (Å²) in [6.45, 7) is 5.44. The van der Waals surface area contributed by atoms with Crippen LogP contribution in [0.2, 0.25) is 0 Å². The zero-order chi connectivity index (χ0) is 15.4. The third kappa shape index (κ3) is 1.78. The molecule has 0 radical (unpaired) electrons. The van der Waals surface area contributed by atoms with Gasteiger partial charge >= 0.3 is 0 Å². The van der Waals surface area contributed by atoms with Crippen molar-refractivity contribution in [3.05, 3.63) is 41.6 Å². The third-order valence-corrected chi connectivity index (χ3v) is 4.31. The van der Waals surface area contributed by atoms with E-state index in [4.69, 9.17) is 0 Å². The SMILES string of the molecule is Cc1cc(C)n(C2CN(C(=O)c3cnn4ccn(C)c34)C2)n1. The van der Waals surface area contributed by atoms with Crippen LogP contribution in [0.5, 0.6) is 0 Å². The van der Waals surface area contributed by atoms with E-state index in [1.807, 2.05) is 40.5 Å². The Morgan fingerprint density at radius 2 is 2.05 bits per heavy atom. The standard InChI is InChI=1S/C15H18N6O/c1-10-6-11(2)21(17-10)12-8-19(9-12)15(22)13-7-16-20-5-4-18(3)14(13)20/h4-7,12H,8-9H2,1-3H3. The van der Waals surface area contributed by atoms with Gasteiger partial charge in [0, 0.05) is 38.2 Å². The van der Waals surface area contributed by atoms with Gasteiger partial charge in [0.2, 0.25) is 0 Å². The Hall–Kier alpha value is -2.57. The van der Waals surface area contributed by atoms with Crippen molar-refractivity contribution in [2.24, 2.45) is 7.05 Å². The normalized spacial score (nSPS) is 15.5. The molecule has 0 unspecified atom stereocenters. The van der Waals surface area contributed by atoms with E-state index in [0.717, 1.165) is 17.0 Å². The molecule has 0 spiro atoms. The number of rotatable bonds is 2. The van der Waals surface area contributed by atoms with E-state index in [-0.39, 0.29) is 11.9 Å². The number of carbonyl (C=O) groups excluding carboxylic acids is 1. The average Bonchev–Trinajstić information content (AvgIpc) is 3.06. The van der Waals surface area contributed by atoms with Gasteiger partial charge in [0.1, 0.15) is 11.2 Å². The molecule has 1 aliphatic heterocycles. The van der Waals surface area contributed by atoms with E-state index in [0.29, 0.717) is 18.7 Å². The number of hydrogen-bond acceptors (Lipinski definition) is 3. The molecule has 0 aliphatic carbocycles. The number of amides is 1. The number of likely N-dealkylation sites (tertiary alicyclic amines) is 1. The Bertz CT molecular complexity index is 864. The monoisotopic (exact) mass is 298 g/mol. The van der Waals surface area contributed by atoms with Gasteiger partial charge in [-0.1, -0.05) is 0 Å². The van der Waals surface area contributed by atoms with Gasteiger partial charge in [0.25, 0.3) is 5.91 Å². The molecule has 4 rings (SSSR count). The van der Waals surface area contributed by atoms with Gasteiger partial charge in [0.15, 0.2) is 0 Å². The number of carbonyl (C=O) groups is 1. The van der Waals surface area contributed by atoms with Crippen LogP contribution in [-0.2, 0) is 7.05 Å². The first-order valence-corrected chi connectivity index (χ1v) is 7.35. The number of aromatic nitrogens is 5. The van der Waals surface area contributed by atoms with Gasteiger partial charge in [-0.25, -0.2) is 4.52 Å². The lowest BCUT2D eigenvalue weighted by Crippen LogP contribution is -2.51. The number of hydrogen-bond donors (Lipinski definition) is 0. The van der Waals surface area contributed by atoms with Crippen LogP contribution < -0.4 is 0 Å². The lowest BCUT2D eigenvalue weighted by molar-refractivity contribution is 0.0499. The summed E-state index contributed by atoms with van der Waals surface area (Å²) in [5.74, 6) is 0.0366. The lowest BCUT2D eigenvalue weighted by Gasteiger charge is -2.39. The predicted molar refractivity (Wildman–Crippen MR) is 80.8 cm³/mol. The molecule has 0 aromatic carbocycles. The Morgan fingerprint density at radius 1 is 1.27 bits per heavy atom. The van der Waals surface area contributed by atoms with Gasteiger partial charge in [-0.15, -0.1) is 0 Å². The molecule has 7 nitrogen and oxygen atoms in total. The van der Waals surface area contributed by atoms with Crippen LogP contribution in [0.1, 0.15) is 27.8 Å². The lowest BCUT2D eigenvalue weighted by atomic mass is 10.1. The minimum atomic E-state index is 0.0366. The first kappa shape index (κ1) is 13.1. The van der Waals surface area contributed by atoms with Crippen LogP contribution in [0.25, 0.3) is 5.65 Å². The van der Waals surface area contributed by atoms with Crippen molar-refractivity contribution in [1.82, 2.24) is 28.9 Å². The van der Waals surface area contributed by atoms with Gasteiger partial charge in [-0.05, 0) is 19.9 Å². The van der Waals surface area contributed by atoms with Crippen molar-refractivity contribution in [2.75, 3.05) is 13.1 Å². The Kier molecular flexibility index (Phi) is 2.66. The summed E-state index contributed by atoms with van der Waals surface area (Å²) in [4.78, 5) is 14.5. The van der Waals surface area contributed by atoms with E-state index in [9.17, 15) is 4.79 Å². The summed E-state index contributed by atoms with van der Waals surface area (Å²) in [6.07, 6.45) is 5.39. The summed E-state index contributed by atoms with van der Waals surface area (Å²) < 4.78 is 5.67. The fraction of sp³-hybridized carbons (Fsp3) is 0.400. The minimum absolute atomic E-state index is 0.0366. The van der Waals surface area contributed by atoms with Crippen LogP contribution in [0.15, 0.2) is 24.7 Å². The second-order valence-electron chi connectivity index (χ2n) is 5.97. The maximum Gasteiger partial charge on any atom is 0.259 e. The smallest absolute Gasteiger partial charge is 0.259 e. The van der Waals surface area contributed by atoms with Gasteiger partial charge in [-0.3, -0.25) is 9.48 Å². The molecule has 3 aromatic rings. The average molecular weight is 298 g/mol. The summed E-state index contributed by atoms with van der Waals surface area (Å²) in [5.41, 5.74) is 3.65. The van der Waals surface area contributed by atoms with Crippen LogP contribution in [0.3, 0.4) is 0 Å². The van der Waals surface area contributed by atoms with Crippen molar-refractivity contribution in [1.29, 1.82) is 0 Å². The molecular formula is C15H18N6O. The van der Waals surface area contributed by atoms with E-state index >= 15 is 0 Å². The zero-order valence-electron chi connectivity index (χ0n) is 12.9. The molecule has 4 heterocycles. The molecule has 0 atom stereocenters. The maximum atomic E-state index is 12.6. The Labute approximate surface area is 127 Å². The number of imidazole rings is 1. The summed E-state index contributed by atoms with van der Waals surface area (Å²) in [7, 11) is 1.92. The third-order valence-electron chi connectivity index (χ3n) is 4.31. The fourth-order valence-corrected chi connectivity index (χ4v) is 3.16.